The number of hydrogen-bond acceptors (Lipinski definition) is 4. The van der Waals surface area contributed by atoms with Crippen molar-refractivity contribution in [3.63, 3.8) is 0 Å². The summed E-state index contributed by atoms with van der Waals surface area (Å²) >= 11 is 0. The summed E-state index contributed by atoms with van der Waals surface area (Å²) in [6.07, 6.45) is 7.35. The Balaban J connectivity index is 1.44. The lowest BCUT2D eigenvalue weighted by Gasteiger charge is -2.36. The second-order valence-corrected chi connectivity index (χ2v) is 7.95. The van der Waals surface area contributed by atoms with E-state index >= 15 is 0 Å². The first kappa shape index (κ1) is 19.6. The van der Waals surface area contributed by atoms with Crippen molar-refractivity contribution < 1.29 is 9.59 Å². The van der Waals surface area contributed by atoms with E-state index in [0.717, 1.165) is 38.0 Å². The van der Waals surface area contributed by atoms with Crippen molar-refractivity contribution in [2.45, 2.75) is 44.6 Å². The highest BCUT2D eigenvalue weighted by Gasteiger charge is 2.29. The van der Waals surface area contributed by atoms with Crippen molar-refractivity contribution >= 4 is 23.2 Å². The zero-order valence-electron chi connectivity index (χ0n) is 16.9. The van der Waals surface area contributed by atoms with E-state index in [-0.39, 0.29) is 17.9 Å². The van der Waals surface area contributed by atoms with Gasteiger partial charge in [0.15, 0.2) is 0 Å². The third kappa shape index (κ3) is 4.32. The standard InChI is InChI=1S/C23H28N4O2/c1-17(26-13-5-8-19(16-26)18-7-4-12-24-15-18)23(29)25-20-9-2-3-10-21(20)27-14-6-11-22(27)28/h2-4,7,9-10,12,15,17,19H,5-6,8,11,13-14,16H2,1H3,(H,25,29). The van der Waals surface area contributed by atoms with E-state index in [1.807, 2.05) is 43.5 Å². The number of rotatable bonds is 5. The molecule has 2 fully saturated rings. The summed E-state index contributed by atoms with van der Waals surface area (Å²) in [5, 5.41) is 3.07. The number of piperidine rings is 1. The van der Waals surface area contributed by atoms with Crippen molar-refractivity contribution in [3.8, 4) is 0 Å². The Morgan fingerprint density at radius 2 is 2.03 bits per heavy atom. The number of aromatic nitrogens is 1. The molecular formula is C23H28N4O2. The third-order valence-electron chi connectivity index (χ3n) is 6.06. The molecule has 2 atom stereocenters. The molecule has 0 radical (unpaired) electrons. The van der Waals surface area contributed by atoms with Crippen LogP contribution in [0.4, 0.5) is 11.4 Å². The van der Waals surface area contributed by atoms with Crippen LogP contribution < -0.4 is 10.2 Å². The lowest BCUT2D eigenvalue weighted by molar-refractivity contribution is -0.121. The highest BCUT2D eigenvalue weighted by molar-refractivity contribution is 6.03. The van der Waals surface area contributed by atoms with Gasteiger partial charge in [-0.1, -0.05) is 18.2 Å². The van der Waals surface area contributed by atoms with E-state index in [2.05, 4.69) is 21.3 Å². The number of carbonyl (C=O) groups is 2. The number of carbonyl (C=O) groups excluding carboxylic acids is 2. The van der Waals surface area contributed by atoms with Gasteiger partial charge in [-0.3, -0.25) is 19.5 Å². The van der Waals surface area contributed by atoms with Crippen LogP contribution in [0.5, 0.6) is 0 Å². The number of nitrogens with one attached hydrogen (secondary N) is 1. The largest absolute Gasteiger partial charge is 0.323 e. The second-order valence-electron chi connectivity index (χ2n) is 7.95. The predicted octanol–water partition coefficient (Wildman–Crippen LogP) is 3.42. The quantitative estimate of drug-likeness (QED) is 0.847. The van der Waals surface area contributed by atoms with Crippen LogP contribution in [0, 0.1) is 0 Å². The van der Waals surface area contributed by atoms with Gasteiger partial charge in [0.2, 0.25) is 11.8 Å². The van der Waals surface area contributed by atoms with Crippen LogP contribution in [-0.2, 0) is 9.59 Å². The number of pyridine rings is 1. The summed E-state index contributed by atoms with van der Waals surface area (Å²) in [6.45, 7) is 4.44. The molecule has 2 amide bonds. The Kier molecular flexibility index (Phi) is 5.90. The van der Waals surface area contributed by atoms with Crippen molar-refractivity contribution in [3.05, 3.63) is 54.4 Å². The van der Waals surface area contributed by atoms with Gasteiger partial charge in [0.1, 0.15) is 0 Å². The molecule has 4 rings (SSSR count). The molecule has 0 bridgehead atoms. The van der Waals surface area contributed by atoms with Gasteiger partial charge in [-0.2, -0.15) is 0 Å². The summed E-state index contributed by atoms with van der Waals surface area (Å²) in [5.41, 5.74) is 2.74. The molecule has 2 aromatic rings. The van der Waals surface area contributed by atoms with Crippen LogP contribution >= 0.6 is 0 Å². The molecule has 0 aliphatic carbocycles. The van der Waals surface area contributed by atoms with Crippen molar-refractivity contribution in [2.75, 3.05) is 29.9 Å². The number of amides is 2. The Labute approximate surface area is 171 Å². The van der Waals surface area contributed by atoms with E-state index in [0.29, 0.717) is 24.6 Å². The maximum atomic E-state index is 13.0. The Bertz CT molecular complexity index is 870. The topological polar surface area (TPSA) is 65.5 Å². The molecule has 0 spiro atoms. The zero-order chi connectivity index (χ0) is 20.2. The number of hydrogen-bond donors (Lipinski definition) is 1. The van der Waals surface area contributed by atoms with E-state index in [1.54, 1.807) is 11.1 Å². The normalized spacial score (nSPS) is 21.2. The molecule has 6 nitrogen and oxygen atoms in total. The summed E-state index contributed by atoms with van der Waals surface area (Å²) in [7, 11) is 0. The van der Waals surface area contributed by atoms with Crippen molar-refractivity contribution in [1.29, 1.82) is 0 Å². The minimum absolute atomic E-state index is 0.0315. The predicted molar refractivity (Wildman–Crippen MR) is 114 cm³/mol. The van der Waals surface area contributed by atoms with Crippen LogP contribution in [0.1, 0.15) is 44.1 Å². The van der Waals surface area contributed by atoms with E-state index in [9.17, 15) is 9.59 Å². The zero-order valence-corrected chi connectivity index (χ0v) is 16.9. The fraction of sp³-hybridized carbons (Fsp3) is 0.435. The van der Waals surface area contributed by atoms with Crippen LogP contribution in [0.2, 0.25) is 0 Å². The monoisotopic (exact) mass is 392 g/mol. The lowest BCUT2D eigenvalue weighted by atomic mass is 9.91. The van der Waals surface area contributed by atoms with Gasteiger partial charge in [0.05, 0.1) is 17.4 Å². The molecule has 2 unspecified atom stereocenters. The van der Waals surface area contributed by atoms with Gasteiger partial charge >= 0.3 is 0 Å². The van der Waals surface area contributed by atoms with E-state index in [4.69, 9.17) is 0 Å². The minimum atomic E-state index is -0.239. The van der Waals surface area contributed by atoms with Crippen LogP contribution in [0.15, 0.2) is 48.8 Å². The molecule has 2 aliphatic heterocycles. The number of benzene rings is 1. The highest BCUT2D eigenvalue weighted by Crippen LogP contribution is 2.31. The first-order valence-corrected chi connectivity index (χ1v) is 10.5. The summed E-state index contributed by atoms with van der Waals surface area (Å²) in [5.74, 6) is 0.494. The molecule has 1 N–H and O–H groups in total. The SMILES string of the molecule is CC(C(=O)Nc1ccccc1N1CCCC1=O)N1CCCC(c2cccnc2)C1. The molecule has 3 heterocycles. The van der Waals surface area contributed by atoms with Gasteiger partial charge in [0.25, 0.3) is 0 Å². The molecular weight excluding hydrogens is 364 g/mol. The highest BCUT2D eigenvalue weighted by atomic mass is 16.2. The maximum Gasteiger partial charge on any atom is 0.241 e. The number of anilines is 2. The van der Waals surface area contributed by atoms with Gasteiger partial charge in [-0.25, -0.2) is 0 Å². The van der Waals surface area contributed by atoms with Gasteiger partial charge in [-0.15, -0.1) is 0 Å². The maximum absolute atomic E-state index is 13.0. The van der Waals surface area contributed by atoms with Gasteiger partial charge < -0.3 is 10.2 Å². The summed E-state index contributed by atoms with van der Waals surface area (Å²) in [6, 6.07) is 11.4. The molecule has 1 aromatic carbocycles. The number of nitrogens with zero attached hydrogens (tertiary/aromatic N) is 3. The Hall–Kier alpha value is -2.73. The van der Waals surface area contributed by atoms with Crippen molar-refractivity contribution in [2.24, 2.45) is 0 Å². The Morgan fingerprint density at radius 1 is 1.17 bits per heavy atom. The van der Waals surface area contributed by atoms with E-state index < -0.39 is 0 Å². The van der Waals surface area contributed by atoms with E-state index in [1.165, 1.54) is 5.56 Å². The van der Waals surface area contributed by atoms with Crippen LogP contribution in [0.3, 0.4) is 0 Å². The molecule has 2 saturated heterocycles. The van der Waals surface area contributed by atoms with Crippen molar-refractivity contribution in [1.82, 2.24) is 9.88 Å². The fourth-order valence-corrected chi connectivity index (χ4v) is 4.37. The summed E-state index contributed by atoms with van der Waals surface area (Å²) in [4.78, 5) is 33.5. The third-order valence-corrected chi connectivity index (χ3v) is 6.06. The summed E-state index contributed by atoms with van der Waals surface area (Å²) < 4.78 is 0. The molecule has 2 aliphatic rings. The van der Waals surface area contributed by atoms with Crippen LogP contribution in [-0.4, -0.2) is 47.4 Å². The molecule has 29 heavy (non-hydrogen) atoms. The fourth-order valence-electron chi connectivity index (χ4n) is 4.37. The minimum Gasteiger partial charge on any atom is -0.323 e. The molecule has 1 aromatic heterocycles. The molecule has 0 saturated carbocycles. The lowest BCUT2D eigenvalue weighted by Crippen LogP contribution is -2.46. The average Bonchev–Trinajstić information content (AvgIpc) is 3.20. The molecule has 6 heteroatoms. The first-order valence-electron chi connectivity index (χ1n) is 10.5. The van der Waals surface area contributed by atoms with Gasteiger partial charge in [-0.05, 0) is 62.4 Å². The second kappa shape index (κ2) is 8.74. The Morgan fingerprint density at radius 3 is 2.79 bits per heavy atom. The molecule has 152 valence electrons. The number of para-hydroxylation sites is 2. The van der Waals surface area contributed by atoms with Gasteiger partial charge in [0, 0.05) is 31.9 Å². The first-order chi connectivity index (χ1) is 14.1. The number of likely N-dealkylation sites (tertiary alicyclic amines) is 1. The average molecular weight is 393 g/mol. The van der Waals surface area contributed by atoms with Crippen LogP contribution in [0.25, 0.3) is 0 Å². The smallest absolute Gasteiger partial charge is 0.241 e.